The molecule has 10 atom stereocenters. The van der Waals surface area contributed by atoms with Gasteiger partial charge in [0.1, 0.15) is 12.0 Å². The Morgan fingerprint density at radius 2 is 1.77 bits per heavy atom. The minimum atomic E-state index is -0.772. The van der Waals surface area contributed by atoms with Crippen LogP contribution in [0.2, 0.25) is 0 Å². The van der Waals surface area contributed by atoms with Crippen LogP contribution >= 0.6 is 0 Å². The minimum absolute atomic E-state index is 0.0512. The molecule has 170 valence electrons. The first-order valence-corrected chi connectivity index (χ1v) is 12.8. The van der Waals surface area contributed by atoms with E-state index in [1.807, 2.05) is 6.92 Å². The third-order valence-corrected chi connectivity index (χ3v) is 10.5. The van der Waals surface area contributed by atoms with Crippen LogP contribution in [0.25, 0.3) is 0 Å². The fourth-order valence-electron chi connectivity index (χ4n) is 9.03. The molecule has 1 aliphatic heterocycles. The highest BCUT2D eigenvalue weighted by Gasteiger charge is 2.60. The van der Waals surface area contributed by atoms with Crippen LogP contribution in [-0.4, -0.2) is 47.2 Å². The van der Waals surface area contributed by atoms with Crippen LogP contribution < -0.4 is 0 Å². The summed E-state index contributed by atoms with van der Waals surface area (Å²) in [6.45, 7) is 9.33. The third-order valence-electron chi connectivity index (χ3n) is 10.5. The van der Waals surface area contributed by atoms with E-state index >= 15 is 4.39 Å². The van der Waals surface area contributed by atoms with E-state index in [-0.39, 0.29) is 17.3 Å². The van der Waals surface area contributed by atoms with Crippen LogP contribution in [0.15, 0.2) is 0 Å². The summed E-state index contributed by atoms with van der Waals surface area (Å²) in [5.41, 5.74) is -0.601. The number of hydrogen-bond donors (Lipinski definition) is 1. The minimum Gasteiger partial charge on any atom is -0.390 e. The van der Waals surface area contributed by atoms with Crippen LogP contribution in [0.5, 0.6) is 0 Å². The second-order valence-electron chi connectivity index (χ2n) is 12.5. The molecule has 5 fully saturated rings. The van der Waals surface area contributed by atoms with Crippen molar-refractivity contribution >= 4 is 5.78 Å². The molecule has 0 aromatic carbocycles. The van der Waals surface area contributed by atoms with Crippen molar-refractivity contribution in [3.8, 4) is 0 Å². The number of carbonyl (C=O) groups is 1. The van der Waals surface area contributed by atoms with E-state index in [4.69, 9.17) is 0 Å². The van der Waals surface area contributed by atoms with E-state index < -0.39 is 11.8 Å². The number of alkyl halides is 1. The number of ketones is 1. The first kappa shape index (κ1) is 21.4. The maximum atomic E-state index is 15.4. The van der Waals surface area contributed by atoms with Crippen molar-refractivity contribution in [1.29, 1.82) is 0 Å². The van der Waals surface area contributed by atoms with Gasteiger partial charge in [0.25, 0.3) is 0 Å². The topological polar surface area (TPSA) is 40.5 Å². The molecule has 5 rings (SSSR count). The quantitative estimate of drug-likeness (QED) is 0.710. The van der Waals surface area contributed by atoms with Gasteiger partial charge < -0.3 is 5.11 Å². The lowest BCUT2D eigenvalue weighted by Gasteiger charge is -2.57. The summed E-state index contributed by atoms with van der Waals surface area (Å²) in [7, 11) is 0. The molecule has 0 radical (unpaired) electrons. The van der Waals surface area contributed by atoms with E-state index in [1.165, 1.54) is 6.42 Å². The molecule has 3 nitrogen and oxygen atoms in total. The second-order valence-corrected chi connectivity index (χ2v) is 12.5. The average Bonchev–Trinajstić information content (AvgIpc) is 3.24. The first-order chi connectivity index (χ1) is 14.2. The van der Waals surface area contributed by atoms with Gasteiger partial charge in [0.15, 0.2) is 0 Å². The van der Waals surface area contributed by atoms with Crippen molar-refractivity contribution in [3.05, 3.63) is 0 Å². The molecule has 0 aromatic rings. The molecule has 0 unspecified atom stereocenters. The number of rotatable bonds is 3. The highest BCUT2D eigenvalue weighted by molar-refractivity contribution is 5.84. The predicted molar refractivity (Wildman–Crippen MR) is 117 cm³/mol. The van der Waals surface area contributed by atoms with Gasteiger partial charge in [-0.3, -0.25) is 9.69 Å². The standard InChI is InChI=1S/C26H42FNO2/c1-16-8-11-28(14-16)15-24(29)22-5-4-21-19-12-23(27)20-13-25(2,30)9-6-18(20)17(19)7-10-26(21,22)3/h16-23,30H,4-15H2,1-3H3/t16-,17-,18-,19-,20+,21+,22-,23-,25-,26+/m1/s1. The molecule has 4 heteroatoms. The van der Waals surface area contributed by atoms with Gasteiger partial charge in [0, 0.05) is 12.5 Å². The normalized spacial score (nSPS) is 53.8. The molecule has 30 heavy (non-hydrogen) atoms. The first-order valence-electron chi connectivity index (χ1n) is 12.8. The van der Waals surface area contributed by atoms with Gasteiger partial charge in [0.2, 0.25) is 0 Å². The zero-order chi connectivity index (χ0) is 21.3. The van der Waals surface area contributed by atoms with Gasteiger partial charge in [-0.1, -0.05) is 13.8 Å². The highest BCUT2D eigenvalue weighted by Crippen LogP contribution is 2.65. The largest absolute Gasteiger partial charge is 0.390 e. The Bertz CT molecular complexity index is 680. The van der Waals surface area contributed by atoms with Gasteiger partial charge in [-0.05, 0) is 112 Å². The van der Waals surface area contributed by atoms with E-state index in [9.17, 15) is 9.90 Å². The van der Waals surface area contributed by atoms with Gasteiger partial charge in [-0.15, -0.1) is 0 Å². The Morgan fingerprint density at radius 3 is 2.50 bits per heavy atom. The van der Waals surface area contributed by atoms with E-state index in [0.717, 1.165) is 51.6 Å². The molecule has 4 saturated carbocycles. The van der Waals surface area contributed by atoms with Crippen molar-refractivity contribution in [1.82, 2.24) is 4.90 Å². The molecule has 4 aliphatic carbocycles. The summed E-state index contributed by atoms with van der Waals surface area (Å²) in [5, 5.41) is 10.5. The second kappa shape index (κ2) is 7.54. The Balaban J connectivity index is 1.31. The Labute approximate surface area is 182 Å². The summed E-state index contributed by atoms with van der Waals surface area (Å²) in [5.74, 6) is 3.45. The van der Waals surface area contributed by atoms with Crippen molar-refractivity contribution in [2.24, 2.45) is 46.8 Å². The lowest BCUT2D eigenvalue weighted by Crippen LogP contribution is -2.54. The van der Waals surface area contributed by atoms with Crippen molar-refractivity contribution < 1.29 is 14.3 Å². The maximum Gasteiger partial charge on any atom is 0.150 e. The van der Waals surface area contributed by atoms with Crippen LogP contribution in [0.1, 0.15) is 78.6 Å². The number of aliphatic hydroxyl groups is 1. The summed E-state index contributed by atoms with van der Waals surface area (Å²) in [4.78, 5) is 15.7. The molecule has 1 N–H and O–H groups in total. The van der Waals surface area contributed by atoms with Crippen molar-refractivity contribution in [3.63, 3.8) is 0 Å². The molecular formula is C26H42FNO2. The van der Waals surface area contributed by atoms with Crippen molar-refractivity contribution in [2.45, 2.75) is 90.3 Å². The Hall–Kier alpha value is -0.480. The average molecular weight is 420 g/mol. The molecule has 0 aromatic heterocycles. The molecule has 0 spiro atoms. The van der Waals surface area contributed by atoms with Gasteiger partial charge >= 0.3 is 0 Å². The Kier molecular flexibility index (Phi) is 5.37. The highest BCUT2D eigenvalue weighted by atomic mass is 19.1. The number of halogens is 1. The molecule has 1 heterocycles. The monoisotopic (exact) mass is 419 g/mol. The van der Waals surface area contributed by atoms with Crippen molar-refractivity contribution in [2.75, 3.05) is 19.6 Å². The molecule has 0 bridgehead atoms. The molecule has 0 amide bonds. The summed E-state index contributed by atoms with van der Waals surface area (Å²) >= 11 is 0. The van der Waals surface area contributed by atoms with Gasteiger partial charge in [-0.25, -0.2) is 4.39 Å². The third kappa shape index (κ3) is 3.49. The van der Waals surface area contributed by atoms with Crippen LogP contribution in [0.3, 0.4) is 0 Å². The number of carbonyl (C=O) groups excluding carboxylic acids is 1. The van der Waals surface area contributed by atoms with E-state index in [0.29, 0.717) is 54.8 Å². The Morgan fingerprint density at radius 1 is 1.03 bits per heavy atom. The fraction of sp³-hybridized carbons (Fsp3) is 0.962. The zero-order valence-electron chi connectivity index (χ0n) is 19.3. The van der Waals surface area contributed by atoms with Crippen LogP contribution in [-0.2, 0) is 4.79 Å². The summed E-state index contributed by atoms with van der Waals surface area (Å²) in [6, 6.07) is 0. The number of fused-ring (bicyclic) bond motifs is 5. The van der Waals surface area contributed by atoms with Gasteiger partial charge in [0.05, 0.1) is 12.1 Å². The van der Waals surface area contributed by atoms with Crippen LogP contribution in [0.4, 0.5) is 4.39 Å². The van der Waals surface area contributed by atoms with E-state index in [1.54, 1.807) is 0 Å². The lowest BCUT2D eigenvalue weighted by molar-refractivity contribution is -0.139. The van der Waals surface area contributed by atoms with E-state index in [2.05, 4.69) is 18.7 Å². The maximum absolute atomic E-state index is 15.4. The summed E-state index contributed by atoms with van der Waals surface area (Å²) in [6.07, 6.45) is 8.01. The molecule has 1 saturated heterocycles. The zero-order valence-corrected chi connectivity index (χ0v) is 19.3. The summed E-state index contributed by atoms with van der Waals surface area (Å²) < 4.78 is 15.4. The van der Waals surface area contributed by atoms with Gasteiger partial charge in [-0.2, -0.15) is 0 Å². The molecule has 5 aliphatic rings. The molecular weight excluding hydrogens is 377 g/mol. The smallest absolute Gasteiger partial charge is 0.150 e. The predicted octanol–water partition coefficient (Wildman–Crippen LogP) is 4.87. The fourth-order valence-corrected chi connectivity index (χ4v) is 9.03. The number of likely N-dealkylation sites (tertiary alicyclic amines) is 1. The lowest BCUT2D eigenvalue weighted by atomic mass is 9.48. The number of nitrogens with zero attached hydrogens (tertiary/aromatic N) is 1. The van der Waals surface area contributed by atoms with Crippen LogP contribution in [0, 0.1) is 46.8 Å². The number of Topliss-reactive ketones (excluding diaryl/α,β-unsaturated/α-hetero) is 1. The SMILES string of the molecule is C[C@@H]1CCN(CC(=O)[C@H]2CC[C@H]3[C@@H]4C[C@@H](F)[C@H]5C[C@](C)(O)CC[C@@H]5[C@H]4CC[C@]23C)C1. The number of hydrogen-bond acceptors (Lipinski definition) is 3.